The molecule has 0 radical (unpaired) electrons. The minimum absolute atomic E-state index is 0. The highest BCUT2D eigenvalue weighted by atomic mass is 79.9. The SMILES string of the molecule is COc1ccc(Br)cc1CNCCNCCO.Cl.Cl. The van der Waals surface area contributed by atoms with Crippen LogP contribution in [0.15, 0.2) is 22.7 Å². The molecule has 0 aliphatic rings. The number of benzene rings is 1. The van der Waals surface area contributed by atoms with Crippen molar-refractivity contribution in [1.82, 2.24) is 10.6 Å². The third-order valence-corrected chi connectivity index (χ3v) is 2.82. The summed E-state index contributed by atoms with van der Waals surface area (Å²) in [7, 11) is 1.68. The number of ether oxygens (including phenoxy) is 1. The van der Waals surface area contributed by atoms with Gasteiger partial charge in [-0.05, 0) is 18.2 Å². The van der Waals surface area contributed by atoms with Crippen molar-refractivity contribution in [2.24, 2.45) is 0 Å². The fourth-order valence-electron chi connectivity index (χ4n) is 1.49. The van der Waals surface area contributed by atoms with Gasteiger partial charge in [0.15, 0.2) is 0 Å². The Labute approximate surface area is 135 Å². The van der Waals surface area contributed by atoms with Crippen molar-refractivity contribution in [3.8, 4) is 5.75 Å². The van der Waals surface area contributed by atoms with Crippen LogP contribution in [0.4, 0.5) is 0 Å². The summed E-state index contributed by atoms with van der Waals surface area (Å²) < 4.78 is 6.34. The first-order valence-electron chi connectivity index (χ1n) is 5.62. The molecular weight excluding hydrogens is 355 g/mol. The van der Waals surface area contributed by atoms with E-state index in [4.69, 9.17) is 9.84 Å². The molecule has 0 amide bonds. The summed E-state index contributed by atoms with van der Waals surface area (Å²) in [5, 5.41) is 15.0. The van der Waals surface area contributed by atoms with E-state index in [1.54, 1.807) is 7.11 Å². The highest BCUT2D eigenvalue weighted by Gasteiger charge is 2.02. The second-order valence-electron chi connectivity index (χ2n) is 3.61. The molecule has 0 heterocycles. The molecule has 0 aliphatic heterocycles. The van der Waals surface area contributed by atoms with Gasteiger partial charge in [-0.15, -0.1) is 24.8 Å². The van der Waals surface area contributed by atoms with Gasteiger partial charge in [-0.3, -0.25) is 0 Å². The molecule has 1 rings (SSSR count). The van der Waals surface area contributed by atoms with Gasteiger partial charge < -0.3 is 20.5 Å². The van der Waals surface area contributed by atoms with E-state index >= 15 is 0 Å². The van der Waals surface area contributed by atoms with Crippen molar-refractivity contribution in [2.75, 3.05) is 33.4 Å². The first-order valence-corrected chi connectivity index (χ1v) is 6.42. The van der Waals surface area contributed by atoms with Gasteiger partial charge in [-0.25, -0.2) is 0 Å². The van der Waals surface area contributed by atoms with Crippen molar-refractivity contribution >= 4 is 40.7 Å². The monoisotopic (exact) mass is 374 g/mol. The second kappa shape index (κ2) is 13.0. The smallest absolute Gasteiger partial charge is 0.123 e. The van der Waals surface area contributed by atoms with Crippen LogP contribution in [0.5, 0.6) is 5.75 Å². The Morgan fingerprint density at radius 2 is 1.84 bits per heavy atom. The normalized spacial score (nSPS) is 9.42. The van der Waals surface area contributed by atoms with Crippen molar-refractivity contribution in [3.63, 3.8) is 0 Å². The largest absolute Gasteiger partial charge is 0.496 e. The van der Waals surface area contributed by atoms with Gasteiger partial charge in [0.1, 0.15) is 5.75 Å². The van der Waals surface area contributed by atoms with Gasteiger partial charge >= 0.3 is 0 Å². The Bertz CT molecular complexity index is 344. The fourth-order valence-corrected chi connectivity index (χ4v) is 1.90. The molecule has 4 nitrogen and oxygen atoms in total. The van der Waals surface area contributed by atoms with E-state index in [1.807, 2.05) is 18.2 Å². The summed E-state index contributed by atoms with van der Waals surface area (Å²) in [5.74, 6) is 0.893. The summed E-state index contributed by atoms with van der Waals surface area (Å²) in [6, 6.07) is 5.96. The van der Waals surface area contributed by atoms with Crippen molar-refractivity contribution < 1.29 is 9.84 Å². The van der Waals surface area contributed by atoms with Gasteiger partial charge in [0.25, 0.3) is 0 Å². The molecule has 0 saturated carbocycles. The predicted octanol–water partition coefficient (Wildman–Crippen LogP) is 1.97. The van der Waals surface area contributed by atoms with Crippen LogP contribution in [0, 0.1) is 0 Å². The molecule has 7 heteroatoms. The maximum absolute atomic E-state index is 8.59. The Morgan fingerprint density at radius 1 is 1.16 bits per heavy atom. The number of rotatable bonds is 8. The fraction of sp³-hybridized carbons (Fsp3) is 0.500. The molecule has 0 bridgehead atoms. The van der Waals surface area contributed by atoms with Gasteiger partial charge in [-0.1, -0.05) is 15.9 Å². The van der Waals surface area contributed by atoms with Crippen molar-refractivity contribution in [3.05, 3.63) is 28.2 Å². The Morgan fingerprint density at radius 3 is 2.47 bits per heavy atom. The number of hydrogen-bond donors (Lipinski definition) is 3. The van der Waals surface area contributed by atoms with Crippen LogP contribution in [0.3, 0.4) is 0 Å². The highest BCUT2D eigenvalue weighted by Crippen LogP contribution is 2.22. The molecule has 0 atom stereocenters. The second-order valence-corrected chi connectivity index (χ2v) is 4.52. The molecule has 0 aliphatic carbocycles. The van der Waals surface area contributed by atoms with Crippen molar-refractivity contribution in [1.29, 1.82) is 0 Å². The van der Waals surface area contributed by atoms with Gasteiger partial charge in [-0.2, -0.15) is 0 Å². The molecule has 0 unspecified atom stereocenters. The van der Waals surface area contributed by atoms with E-state index in [-0.39, 0.29) is 31.4 Å². The molecular formula is C12H21BrCl2N2O2. The standard InChI is InChI=1S/C12H19BrN2O2.2ClH/c1-17-12-3-2-11(13)8-10(12)9-15-5-4-14-6-7-16;;/h2-3,8,14-16H,4-7,9H2,1H3;2*1H. The lowest BCUT2D eigenvalue weighted by Crippen LogP contribution is -2.28. The van der Waals surface area contributed by atoms with E-state index in [0.717, 1.165) is 35.4 Å². The summed E-state index contributed by atoms with van der Waals surface area (Å²) in [6.45, 7) is 3.29. The molecule has 1 aromatic carbocycles. The average Bonchev–Trinajstić information content (AvgIpc) is 2.34. The minimum atomic E-state index is 0. The maximum Gasteiger partial charge on any atom is 0.123 e. The van der Waals surface area contributed by atoms with Gasteiger partial charge in [0.05, 0.1) is 13.7 Å². The highest BCUT2D eigenvalue weighted by molar-refractivity contribution is 9.10. The van der Waals surface area contributed by atoms with Crippen LogP contribution in [0.25, 0.3) is 0 Å². The predicted molar refractivity (Wildman–Crippen MR) is 86.9 cm³/mol. The molecule has 1 aromatic rings. The van der Waals surface area contributed by atoms with E-state index in [2.05, 4.69) is 26.6 Å². The first-order chi connectivity index (χ1) is 8.27. The van der Waals surface area contributed by atoms with E-state index in [9.17, 15) is 0 Å². The average molecular weight is 376 g/mol. The molecule has 0 spiro atoms. The zero-order chi connectivity index (χ0) is 12.5. The zero-order valence-electron chi connectivity index (χ0n) is 10.8. The third-order valence-electron chi connectivity index (χ3n) is 2.33. The number of aliphatic hydroxyl groups is 1. The lowest BCUT2D eigenvalue weighted by Gasteiger charge is -2.10. The van der Waals surface area contributed by atoms with Crippen LogP contribution in [-0.4, -0.2) is 38.5 Å². The number of aliphatic hydroxyl groups excluding tert-OH is 1. The molecule has 3 N–H and O–H groups in total. The van der Waals surface area contributed by atoms with Gasteiger partial charge in [0, 0.05) is 36.2 Å². The molecule has 0 fully saturated rings. The van der Waals surface area contributed by atoms with Gasteiger partial charge in [0.2, 0.25) is 0 Å². The number of methoxy groups -OCH3 is 1. The van der Waals surface area contributed by atoms with E-state index in [1.165, 1.54) is 0 Å². The number of halogens is 3. The molecule has 0 saturated heterocycles. The molecule has 112 valence electrons. The number of nitrogens with one attached hydrogen (secondary N) is 2. The Hall–Kier alpha value is -0.0400. The first kappa shape index (κ1) is 21.3. The maximum atomic E-state index is 8.59. The van der Waals surface area contributed by atoms with Crippen LogP contribution >= 0.6 is 40.7 Å². The van der Waals surface area contributed by atoms with Crippen LogP contribution in [-0.2, 0) is 6.54 Å². The summed E-state index contributed by atoms with van der Waals surface area (Å²) in [4.78, 5) is 0. The number of hydrogen-bond acceptors (Lipinski definition) is 4. The summed E-state index contributed by atoms with van der Waals surface area (Å²) in [5.41, 5.74) is 1.13. The van der Waals surface area contributed by atoms with Crippen LogP contribution in [0.2, 0.25) is 0 Å². The minimum Gasteiger partial charge on any atom is -0.496 e. The summed E-state index contributed by atoms with van der Waals surface area (Å²) >= 11 is 3.45. The van der Waals surface area contributed by atoms with E-state index < -0.39 is 0 Å². The molecule has 0 aromatic heterocycles. The Balaban J connectivity index is 0. The van der Waals surface area contributed by atoms with Crippen LogP contribution in [0.1, 0.15) is 5.56 Å². The lowest BCUT2D eigenvalue weighted by atomic mass is 10.2. The lowest BCUT2D eigenvalue weighted by molar-refractivity contribution is 0.292. The topological polar surface area (TPSA) is 53.5 Å². The molecule has 19 heavy (non-hydrogen) atoms. The van der Waals surface area contributed by atoms with Crippen LogP contribution < -0.4 is 15.4 Å². The third kappa shape index (κ3) is 8.68. The quantitative estimate of drug-likeness (QED) is 0.608. The Kier molecular flexibility index (Phi) is 14.5. The van der Waals surface area contributed by atoms with Crippen molar-refractivity contribution in [2.45, 2.75) is 6.54 Å². The summed E-state index contributed by atoms with van der Waals surface area (Å²) in [6.07, 6.45) is 0. The zero-order valence-corrected chi connectivity index (χ0v) is 14.0. The van der Waals surface area contributed by atoms with E-state index in [0.29, 0.717) is 6.54 Å².